The van der Waals surface area contributed by atoms with E-state index in [0.29, 0.717) is 0 Å². The third-order valence-corrected chi connectivity index (χ3v) is 3.39. The van der Waals surface area contributed by atoms with E-state index in [1.54, 1.807) is 11.3 Å². The molecule has 0 spiro atoms. The molecule has 0 radical (unpaired) electrons. The van der Waals surface area contributed by atoms with Crippen molar-refractivity contribution in [2.45, 2.75) is 6.92 Å². The first kappa shape index (κ1) is 9.96. The average Bonchev–Trinajstić information content (AvgIpc) is 2.47. The lowest BCUT2D eigenvalue weighted by Crippen LogP contribution is -2.04. The monoisotopic (exact) mass is 245 g/mol. The molecule has 0 aliphatic rings. The Balaban J connectivity index is 2.70. The van der Waals surface area contributed by atoms with Gasteiger partial charge in [-0.15, -0.1) is 11.3 Å². The van der Waals surface area contributed by atoms with Crippen LogP contribution in [0.2, 0.25) is 0 Å². The zero-order valence-corrected chi connectivity index (χ0v) is 9.63. The molecule has 1 aromatic rings. The predicted octanol–water partition coefficient (Wildman–Crippen LogP) is 3.13. The van der Waals surface area contributed by atoms with E-state index in [9.17, 15) is 0 Å². The summed E-state index contributed by atoms with van der Waals surface area (Å²) in [4.78, 5) is 1.33. The fourth-order valence-electron chi connectivity index (χ4n) is 0.876. The molecule has 1 aromatic heterocycles. The van der Waals surface area contributed by atoms with Gasteiger partial charge in [0.1, 0.15) is 0 Å². The second-order valence-corrected chi connectivity index (χ2v) is 4.40. The van der Waals surface area contributed by atoms with Gasteiger partial charge in [0, 0.05) is 21.3 Å². The van der Waals surface area contributed by atoms with Crippen molar-refractivity contribution in [1.29, 1.82) is 0 Å². The molecule has 0 bridgehead atoms. The summed E-state index contributed by atoms with van der Waals surface area (Å²) in [7, 11) is 1.95. The lowest BCUT2D eigenvalue weighted by molar-refractivity contribution is 0.920. The summed E-state index contributed by atoms with van der Waals surface area (Å²) < 4.78 is 1.17. The summed E-state index contributed by atoms with van der Waals surface area (Å²) in [6.07, 6.45) is 2.19. The maximum Gasteiger partial charge on any atom is 0.0308 e. The molecule has 0 saturated carbocycles. The number of thiophene rings is 1. The molecule has 66 valence electrons. The second-order valence-electron chi connectivity index (χ2n) is 2.57. The highest BCUT2D eigenvalue weighted by atomic mass is 79.9. The fourth-order valence-corrected chi connectivity index (χ4v) is 2.31. The van der Waals surface area contributed by atoms with Gasteiger partial charge in [-0.05, 0) is 41.5 Å². The van der Waals surface area contributed by atoms with E-state index in [1.165, 1.54) is 14.9 Å². The Morgan fingerprint density at radius 2 is 2.50 bits per heavy atom. The van der Waals surface area contributed by atoms with Gasteiger partial charge in [-0.1, -0.05) is 6.08 Å². The second kappa shape index (κ2) is 4.80. The Bertz CT molecular complexity index is 278. The Kier molecular flexibility index (Phi) is 3.98. The van der Waals surface area contributed by atoms with E-state index < -0.39 is 0 Å². The van der Waals surface area contributed by atoms with Crippen molar-refractivity contribution in [2.24, 2.45) is 0 Å². The van der Waals surface area contributed by atoms with E-state index in [1.807, 2.05) is 7.05 Å². The maximum absolute atomic E-state index is 3.44. The molecule has 0 aromatic carbocycles. The summed E-state index contributed by atoms with van der Waals surface area (Å²) >= 11 is 5.20. The molecule has 1 N–H and O–H groups in total. The van der Waals surface area contributed by atoms with Crippen LogP contribution in [-0.4, -0.2) is 13.6 Å². The summed E-state index contributed by atoms with van der Waals surface area (Å²) in [5, 5.41) is 5.19. The molecule has 3 heteroatoms. The predicted molar refractivity (Wildman–Crippen MR) is 59.6 cm³/mol. The van der Waals surface area contributed by atoms with Gasteiger partial charge in [0.25, 0.3) is 0 Å². The number of hydrogen-bond donors (Lipinski definition) is 1. The number of rotatable bonds is 3. The van der Waals surface area contributed by atoms with Gasteiger partial charge in [-0.25, -0.2) is 0 Å². The minimum absolute atomic E-state index is 0.932. The van der Waals surface area contributed by atoms with E-state index in [-0.39, 0.29) is 0 Å². The van der Waals surface area contributed by atoms with Gasteiger partial charge in [-0.3, -0.25) is 0 Å². The number of likely N-dealkylation sites (N-methyl/N-ethyl adjacent to an activating group) is 1. The van der Waals surface area contributed by atoms with Crippen molar-refractivity contribution in [2.75, 3.05) is 13.6 Å². The van der Waals surface area contributed by atoms with Gasteiger partial charge >= 0.3 is 0 Å². The minimum atomic E-state index is 0.932. The van der Waals surface area contributed by atoms with Gasteiger partial charge < -0.3 is 5.32 Å². The minimum Gasteiger partial charge on any atom is -0.316 e. The van der Waals surface area contributed by atoms with E-state index in [0.717, 1.165) is 6.54 Å². The third-order valence-electron chi connectivity index (χ3n) is 1.57. The van der Waals surface area contributed by atoms with Crippen molar-refractivity contribution in [3.8, 4) is 0 Å². The molecule has 1 nitrogen and oxygen atoms in total. The smallest absolute Gasteiger partial charge is 0.0308 e. The molecule has 0 aliphatic heterocycles. The largest absolute Gasteiger partial charge is 0.316 e. The molecule has 0 atom stereocenters. The topological polar surface area (TPSA) is 12.0 Å². The van der Waals surface area contributed by atoms with Gasteiger partial charge in [0.15, 0.2) is 0 Å². The van der Waals surface area contributed by atoms with Crippen molar-refractivity contribution < 1.29 is 0 Å². The van der Waals surface area contributed by atoms with Crippen LogP contribution in [0.15, 0.2) is 22.0 Å². The van der Waals surface area contributed by atoms with Gasteiger partial charge in [-0.2, -0.15) is 0 Å². The van der Waals surface area contributed by atoms with Crippen LogP contribution >= 0.6 is 27.3 Å². The zero-order valence-electron chi connectivity index (χ0n) is 7.23. The highest BCUT2D eigenvalue weighted by Crippen LogP contribution is 2.25. The molecule has 0 fully saturated rings. The Morgan fingerprint density at radius 1 is 1.75 bits per heavy atom. The quantitative estimate of drug-likeness (QED) is 0.863. The molecule has 0 saturated heterocycles. The van der Waals surface area contributed by atoms with Crippen LogP contribution in [0.3, 0.4) is 0 Å². The Labute approximate surface area is 85.6 Å². The fraction of sp³-hybridized carbons (Fsp3) is 0.333. The molecule has 0 unspecified atom stereocenters. The number of allylic oxidation sites excluding steroid dienone is 1. The standard InChI is InChI=1S/C9H12BrNS/c1-7(3-4-11-2)9-5-8(10)6-12-9/h3,5-6,11H,4H2,1-2H3/b7-3-. The summed E-state index contributed by atoms with van der Waals surface area (Å²) in [6, 6.07) is 2.14. The first-order chi connectivity index (χ1) is 5.74. The number of nitrogens with one attached hydrogen (secondary N) is 1. The summed E-state index contributed by atoms with van der Waals surface area (Å²) in [5.41, 5.74) is 1.33. The van der Waals surface area contributed by atoms with Crippen LogP contribution in [0.1, 0.15) is 11.8 Å². The van der Waals surface area contributed by atoms with Gasteiger partial charge in [0.05, 0.1) is 0 Å². The average molecular weight is 246 g/mol. The summed E-state index contributed by atoms with van der Waals surface area (Å²) in [6.45, 7) is 3.07. The van der Waals surface area contributed by atoms with Crippen molar-refractivity contribution >= 4 is 32.8 Å². The first-order valence-corrected chi connectivity index (χ1v) is 5.47. The van der Waals surface area contributed by atoms with Crippen LogP contribution in [0.5, 0.6) is 0 Å². The summed E-state index contributed by atoms with van der Waals surface area (Å²) in [5.74, 6) is 0. The normalized spacial score (nSPS) is 12.1. The lowest BCUT2D eigenvalue weighted by Gasteiger charge is -1.95. The zero-order chi connectivity index (χ0) is 8.97. The van der Waals surface area contributed by atoms with E-state index >= 15 is 0 Å². The van der Waals surface area contributed by atoms with Crippen LogP contribution < -0.4 is 5.32 Å². The molecule has 12 heavy (non-hydrogen) atoms. The van der Waals surface area contributed by atoms with Crippen LogP contribution in [0, 0.1) is 0 Å². The van der Waals surface area contributed by atoms with Crippen LogP contribution in [0.25, 0.3) is 5.57 Å². The van der Waals surface area contributed by atoms with Crippen molar-refractivity contribution in [3.63, 3.8) is 0 Å². The molecular formula is C9H12BrNS. The highest BCUT2D eigenvalue weighted by Gasteiger charge is 1.97. The number of hydrogen-bond acceptors (Lipinski definition) is 2. The van der Waals surface area contributed by atoms with Crippen LogP contribution in [0.4, 0.5) is 0 Å². The highest BCUT2D eigenvalue weighted by molar-refractivity contribution is 9.10. The van der Waals surface area contributed by atoms with Crippen LogP contribution in [-0.2, 0) is 0 Å². The van der Waals surface area contributed by atoms with Crippen molar-refractivity contribution in [3.05, 3.63) is 26.9 Å². The molecule has 1 heterocycles. The molecule has 1 rings (SSSR count). The number of halogens is 1. The third kappa shape index (κ3) is 2.73. The molecule has 0 amide bonds. The maximum atomic E-state index is 3.44. The van der Waals surface area contributed by atoms with E-state index in [2.05, 4.69) is 45.7 Å². The SMILES string of the molecule is CNC/C=C(/C)c1cc(Br)cs1. The Hall–Kier alpha value is -0.120. The lowest BCUT2D eigenvalue weighted by atomic mass is 10.2. The molecule has 0 aliphatic carbocycles. The van der Waals surface area contributed by atoms with Crippen molar-refractivity contribution in [1.82, 2.24) is 5.32 Å². The molecular weight excluding hydrogens is 234 g/mol. The Morgan fingerprint density at radius 3 is 3.00 bits per heavy atom. The van der Waals surface area contributed by atoms with Gasteiger partial charge in [0.2, 0.25) is 0 Å². The van der Waals surface area contributed by atoms with E-state index in [4.69, 9.17) is 0 Å². The first-order valence-electron chi connectivity index (χ1n) is 3.80.